The zero-order chi connectivity index (χ0) is 8.10. The highest BCUT2D eigenvalue weighted by atomic mass is 16.3. The van der Waals surface area contributed by atoms with Crippen LogP contribution in [0.25, 0.3) is 0 Å². The molecule has 11 heavy (non-hydrogen) atoms. The highest BCUT2D eigenvalue weighted by Gasteiger charge is 2.18. The number of aliphatic hydroxyl groups excluding tert-OH is 1. The first kappa shape index (κ1) is 8.97. The van der Waals surface area contributed by atoms with Crippen LogP contribution < -0.4 is 5.32 Å². The molecule has 2 N–H and O–H groups in total. The molecule has 0 aromatic carbocycles. The smallest absolute Gasteiger partial charge is 0.0679 e. The Labute approximate surface area is 68.4 Å². The second-order valence-electron chi connectivity index (χ2n) is 3.10. The van der Waals surface area contributed by atoms with Crippen LogP contribution in [0.5, 0.6) is 0 Å². The van der Waals surface area contributed by atoms with Gasteiger partial charge in [-0.25, -0.2) is 0 Å². The summed E-state index contributed by atoms with van der Waals surface area (Å²) < 4.78 is 0. The molecule has 0 aromatic heterocycles. The average Bonchev–Trinajstić information content (AvgIpc) is 2.37. The molecule has 3 heteroatoms. The van der Waals surface area contributed by atoms with Crippen LogP contribution in [0.15, 0.2) is 0 Å². The van der Waals surface area contributed by atoms with Gasteiger partial charge in [0.15, 0.2) is 0 Å². The minimum absolute atomic E-state index is 0.0726. The monoisotopic (exact) mass is 158 g/mol. The molecule has 0 saturated carbocycles. The average molecular weight is 158 g/mol. The molecule has 0 aromatic rings. The Bertz CT molecular complexity index is 108. The first-order chi connectivity index (χ1) is 5.33. The van der Waals surface area contributed by atoms with E-state index in [1.807, 2.05) is 0 Å². The second kappa shape index (κ2) is 4.70. The summed E-state index contributed by atoms with van der Waals surface area (Å²) in [5, 5.41) is 12.5. The molecule has 1 heterocycles. The summed E-state index contributed by atoms with van der Waals surface area (Å²) in [6, 6.07) is 0. The SMILES string of the molecule is CCNCCN1CC[C@H](O)C1. The zero-order valence-corrected chi connectivity index (χ0v) is 7.21. The van der Waals surface area contributed by atoms with Crippen molar-refractivity contribution >= 4 is 0 Å². The van der Waals surface area contributed by atoms with E-state index in [1.165, 1.54) is 0 Å². The molecule has 1 atom stereocenters. The van der Waals surface area contributed by atoms with Crippen LogP contribution in [0.1, 0.15) is 13.3 Å². The lowest BCUT2D eigenvalue weighted by molar-refractivity contribution is 0.176. The van der Waals surface area contributed by atoms with E-state index in [0.717, 1.165) is 39.1 Å². The number of hydrogen-bond acceptors (Lipinski definition) is 3. The molecule has 0 aliphatic carbocycles. The largest absolute Gasteiger partial charge is 0.392 e. The molecule has 66 valence electrons. The van der Waals surface area contributed by atoms with Crippen molar-refractivity contribution < 1.29 is 5.11 Å². The number of likely N-dealkylation sites (N-methyl/N-ethyl adjacent to an activating group) is 1. The summed E-state index contributed by atoms with van der Waals surface area (Å²) in [4.78, 5) is 2.30. The molecule has 0 bridgehead atoms. The molecule has 1 saturated heterocycles. The van der Waals surface area contributed by atoms with Gasteiger partial charge in [0.05, 0.1) is 6.10 Å². The number of nitrogens with zero attached hydrogens (tertiary/aromatic N) is 1. The predicted octanol–water partition coefficient (Wildman–Crippen LogP) is -0.338. The van der Waals surface area contributed by atoms with Gasteiger partial charge < -0.3 is 10.4 Å². The van der Waals surface area contributed by atoms with Crippen molar-refractivity contribution in [2.24, 2.45) is 0 Å². The zero-order valence-electron chi connectivity index (χ0n) is 7.21. The van der Waals surface area contributed by atoms with Crippen LogP contribution in [0, 0.1) is 0 Å². The van der Waals surface area contributed by atoms with E-state index < -0.39 is 0 Å². The number of nitrogens with one attached hydrogen (secondary N) is 1. The van der Waals surface area contributed by atoms with Gasteiger partial charge in [-0.05, 0) is 13.0 Å². The summed E-state index contributed by atoms with van der Waals surface area (Å²) in [6.07, 6.45) is 0.878. The van der Waals surface area contributed by atoms with Crippen molar-refractivity contribution in [3.63, 3.8) is 0 Å². The molecular weight excluding hydrogens is 140 g/mol. The van der Waals surface area contributed by atoms with Crippen LogP contribution in [0.2, 0.25) is 0 Å². The van der Waals surface area contributed by atoms with E-state index in [1.54, 1.807) is 0 Å². The number of rotatable bonds is 4. The van der Waals surface area contributed by atoms with Gasteiger partial charge >= 0.3 is 0 Å². The van der Waals surface area contributed by atoms with Crippen molar-refractivity contribution in [3.8, 4) is 0 Å². The molecule has 1 rings (SSSR count). The Morgan fingerprint density at radius 1 is 1.64 bits per heavy atom. The highest BCUT2D eigenvalue weighted by molar-refractivity contribution is 4.74. The van der Waals surface area contributed by atoms with Gasteiger partial charge in [-0.3, -0.25) is 4.90 Å². The van der Waals surface area contributed by atoms with Crippen LogP contribution in [0.3, 0.4) is 0 Å². The predicted molar refractivity (Wildman–Crippen MR) is 45.6 cm³/mol. The fraction of sp³-hybridized carbons (Fsp3) is 1.00. The minimum Gasteiger partial charge on any atom is -0.392 e. The highest BCUT2D eigenvalue weighted by Crippen LogP contribution is 2.06. The van der Waals surface area contributed by atoms with Crippen LogP contribution in [-0.2, 0) is 0 Å². The van der Waals surface area contributed by atoms with Gasteiger partial charge in [-0.2, -0.15) is 0 Å². The quantitative estimate of drug-likeness (QED) is 0.550. The maximum absolute atomic E-state index is 9.19. The lowest BCUT2D eigenvalue weighted by Gasteiger charge is -2.14. The Morgan fingerprint density at radius 3 is 3.00 bits per heavy atom. The number of aliphatic hydroxyl groups is 1. The molecule has 1 aliphatic heterocycles. The van der Waals surface area contributed by atoms with Crippen molar-refractivity contribution in [1.29, 1.82) is 0 Å². The lowest BCUT2D eigenvalue weighted by Crippen LogP contribution is -2.30. The molecule has 0 spiro atoms. The first-order valence-corrected chi connectivity index (χ1v) is 4.44. The van der Waals surface area contributed by atoms with E-state index >= 15 is 0 Å². The summed E-state index contributed by atoms with van der Waals surface area (Å²) in [5.74, 6) is 0. The van der Waals surface area contributed by atoms with E-state index in [0.29, 0.717) is 0 Å². The lowest BCUT2D eigenvalue weighted by atomic mass is 10.3. The molecule has 3 nitrogen and oxygen atoms in total. The van der Waals surface area contributed by atoms with Gasteiger partial charge in [-0.1, -0.05) is 6.92 Å². The second-order valence-corrected chi connectivity index (χ2v) is 3.10. The summed E-state index contributed by atoms with van der Waals surface area (Å²) >= 11 is 0. The van der Waals surface area contributed by atoms with Crippen LogP contribution in [0.4, 0.5) is 0 Å². The van der Waals surface area contributed by atoms with Gasteiger partial charge in [0.2, 0.25) is 0 Å². The maximum atomic E-state index is 9.19. The summed E-state index contributed by atoms with van der Waals surface area (Å²) in [6.45, 7) is 7.20. The van der Waals surface area contributed by atoms with Gasteiger partial charge in [-0.15, -0.1) is 0 Å². The molecule has 1 fully saturated rings. The number of likely N-dealkylation sites (tertiary alicyclic amines) is 1. The normalized spacial score (nSPS) is 26.2. The first-order valence-electron chi connectivity index (χ1n) is 4.44. The fourth-order valence-corrected chi connectivity index (χ4v) is 1.43. The molecule has 0 unspecified atom stereocenters. The Morgan fingerprint density at radius 2 is 2.45 bits per heavy atom. The minimum atomic E-state index is -0.0726. The van der Waals surface area contributed by atoms with Crippen molar-refractivity contribution in [2.75, 3.05) is 32.7 Å². The molecular formula is C8H18N2O. The number of hydrogen-bond donors (Lipinski definition) is 2. The van der Waals surface area contributed by atoms with Gasteiger partial charge in [0.25, 0.3) is 0 Å². The summed E-state index contributed by atoms with van der Waals surface area (Å²) in [7, 11) is 0. The standard InChI is InChI=1S/C8H18N2O/c1-2-9-4-6-10-5-3-8(11)7-10/h8-9,11H,2-7H2,1H3/t8-/m0/s1. The third-order valence-electron chi connectivity index (χ3n) is 2.10. The summed E-state index contributed by atoms with van der Waals surface area (Å²) in [5.41, 5.74) is 0. The molecule has 1 aliphatic rings. The van der Waals surface area contributed by atoms with E-state index in [2.05, 4.69) is 17.1 Å². The topological polar surface area (TPSA) is 35.5 Å². The van der Waals surface area contributed by atoms with E-state index in [9.17, 15) is 5.11 Å². The molecule has 0 radical (unpaired) electrons. The third-order valence-corrected chi connectivity index (χ3v) is 2.10. The van der Waals surface area contributed by atoms with Crippen molar-refractivity contribution in [3.05, 3.63) is 0 Å². The number of β-amino-alcohol motifs (C(OH)–C–C–N with tert-alkyl or cyclic N) is 1. The van der Waals surface area contributed by atoms with E-state index in [-0.39, 0.29) is 6.10 Å². The van der Waals surface area contributed by atoms with Crippen LogP contribution in [-0.4, -0.2) is 48.8 Å². The molecule has 0 amide bonds. The van der Waals surface area contributed by atoms with Crippen molar-refractivity contribution in [1.82, 2.24) is 10.2 Å². The van der Waals surface area contributed by atoms with Gasteiger partial charge in [0.1, 0.15) is 0 Å². The third kappa shape index (κ3) is 3.18. The van der Waals surface area contributed by atoms with Gasteiger partial charge in [0, 0.05) is 26.2 Å². The Hall–Kier alpha value is -0.120. The fourth-order valence-electron chi connectivity index (χ4n) is 1.43. The van der Waals surface area contributed by atoms with Crippen molar-refractivity contribution in [2.45, 2.75) is 19.4 Å². The van der Waals surface area contributed by atoms with Crippen LogP contribution >= 0.6 is 0 Å². The maximum Gasteiger partial charge on any atom is 0.0679 e. The van der Waals surface area contributed by atoms with E-state index in [4.69, 9.17) is 0 Å². The Balaban J connectivity index is 1.99. The Kier molecular flexibility index (Phi) is 3.83.